The standard InChI is InChI=1S/2C51H34N4/c1-5-16-36(17-6-1)44-27-14-28-45-47-43(26-15-29-46(47)55(48(44)45)42-24-11-4-12-25-42)41-23-13-22-40(34-41)35-30-32-39(33-31-35)51-53-49(37-18-7-2-8-19-37)52-50(54-51)38-20-9-3-10-21-38;1-5-15-35(16-6-1)41-31-32-46-45(34-41)48-44(25-14-26-47(48)55(46)43-23-11-4-12-24-43)42-22-13-21-40(33-42)36-27-29-39(30-28-36)51-53-49(37-17-7-2-8-18-37)52-50(54-51)38-19-9-3-10-20-38/h2*1-34H. The summed E-state index contributed by atoms with van der Waals surface area (Å²) < 4.78 is 4.81. The van der Waals surface area contributed by atoms with Crippen molar-refractivity contribution in [2.75, 3.05) is 0 Å². The van der Waals surface area contributed by atoms with Gasteiger partial charge in [-0.1, -0.05) is 352 Å². The lowest BCUT2D eigenvalue weighted by atomic mass is 9.95. The highest BCUT2D eigenvalue weighted by Gasteiger charge is 2.23. The van der Waals surface area contributed by atoms with Gasteiger partial charge in [-0.15, -0.1) is 0 Å². The largest absolute Gasteiger partial charge is 0.309 e. The zero-order valence-corrected chi connectivity index (χ0v) is 59.8. The first kappa shape index (κ1) is 65.9. The highest BCUT2D eigenvalue weighted by atomic mass is 15.0. The molecule has 0 aliphatic carbocycles. The van der Waals surface area contributed by atoms with Gasteiger partial charge in [0.25, 0.3) is 0 Å². The summed E-state index contributed by atoms with van der Waals surface area (Å²) >= 11 is 0. The average molecular weight is 1410 g/mol. The lowest BCUT2D eigenvalue weighted by Crippen LogP contribution is -2.00. The summed E-state index contributed by atoms with van der Waals surface area (Å²) in [5, 5.41) is 4.94. The molecule has 0 saturated carbocycles. The van der Waals surface area contributed by atoms with Crippen LogP contribution < -0.4 is 0 Å². The summed E-state index contributed by atoms with van der Waals surface area (Å²) in [6.07, 6.45) is 0. The second-order valence-electron chi connectivity index (χ2n) is 27.3. The SMILES string of the molecule is c1ccc(-c2ccc3c(c2)c2c(-c4cccc(-c5ccc(-c6nc(-c7ccccc7)nc(-c7ccccc7)n6)cc5)c4)cccc2n3-c2ccccc2)cc1.c1ccc(-c2nc(-c3ccccc3)nc(-c3ccc(-c4cccc(-c5cccc6c5c5cccc(-c7ccccc7)c5n6-c5ccccc5)c4)cc3)n2)cc1. The Labute approximate surface area is 637 Å². The van der Waals surface area contributed by atoms with Crippen molar-refractivity contribution in [3.05, 3.63) is 413 Å². The highest BCUT2D eigenvalue weighted by molar-refractivity contribution is 6.19. The Kier molecular flexibility index (Phi) is 17.5. The molecule has 4 aromatic heterocycles. The molecule has 0 N–H and O–H groups in total. The lowest BCUT2D eigenvalue weighted by Gasteiger charge is -2.12. The van der Waals surface area contributed by atoms with E-state index >= 15 is 0 Å². The van der Waals surface area contributed by atoms with Gasteiger partial charge in [0.2, 0.25) is 0 Å². The number of para-hydroxylation sites is 3. The molecular weight excluding hydrogens is 1340 g/mol. The molecule has 0 bridgehead atoms. The van der Waals surface area contributed by atoms with Crippen LogP contribution in [0.1, 0.15) is 0 Å². The zero-order valence-electron chi connectivity index (χ0n) is 59.8. The van der Waals surface area contributed by atoms with Crippen molar-refractivity contribution in [2.45, 2.75) is 0 Å². The van der Waals surface area contributed by atoms with Crippen LogP contribution in [0, 0.1) is 0 Å². The monoisotopic (exact) mass is 1400 g/mol. The summed E-state index contributed by atoms with van der Waals surface area (Å²) in [5.74, 6) is 3.90. The van der Waals surface area contributed by atoms with Gasteiger partial charge < -0.3 is 9.13 Å². The Balaban J connectivity index is 0.000000149. The summed E-state index contributed by atoms with van der Waals surface area (Å²) in [5.41, 5.74) is 26.8. The van der Waals surface area contributed by atoms with Gasteiger partial charge in [-0.3, -0.25) is 0 Å². The summed E-state index contributed by atoms with van der Waals surface area (Å²) in [6.45, 7) is 0. The molecule has 0 spiro atoms. The summed E-state index contributed by atoms with van der Waals surface area (Å²) in [4.78, 5) is 29.5. The van der Waals surface area contributed by atoms with Gasteiger partial charge in [-0.25, -0.2) is 29.9 Å². The number of aromatic nitrogens is 8. The van der Waals surface area contributed by atoms with E-state index < -0.39 is 0 Å². The maximum Gasteiger partial charge on any atom is 0.164 e. The summed E-state index contributed by atoms with van der Waals surface area (Å²) in [7, 11) is 0. The average Bonchev–Trinajstić information content (AvgIpc) is 1.57. The molecule has 0 unspecified atom stereocenters. The number of hydrogen-bond donors (Lipinski definition) is 0. The van der Waals surface area contributed by atoms with E-state index in [4.69, 9.17) is 29.9 Å². The third kappa shape index (κ3) is 12.8. The molecule has 516 valence electrons. The fraction of sp³-hybridized carbons (Fsp3) is 0. The van der Waals surface area contributed by atoms with Crippen LogP contribution in [0.4, 0.5) is 0 Å². The molecule has 0 atom stereocenters. The van der Waals surface area contributed by atoms with Gasteiger partial charge in [0.05, 0.1) is 22.1 Å². The van der Waals surface area contributed by atoms with Crippen LogP contribution in [-0.2, 0) is 0 Å². The quantitative estimate of drug-likeness (QED) is 0.108. The van der Waals surface area contributed by atoms with Crippen molar-refractivity contribution in [1.29, 1.82) is 0 Å². The molecule has 8 heteroatoms. The van der Waals surface area contributed by atoms with E-state index in [1.807, 2.05) is 121 Å². The molecule has 0 aliphatic rings. The van der Waals surface area contributed by atoms with Crippen molar-refractivity contribution in [2.24, 2.45) is 0 Å². The number of rotatable bonds is 14. The van der Waals surface area contributed by atoms with Crippen molar-refractivity contribution < 1.29 is 0 Å². The number of fused-ring (bicyclic) bond motifs is 6. The van der Waals surface area contributed by atoms with Gasteiger partial charge in [0.15, 0.2) is 34.9 Å². The number of benzene rings is 16. The van der Waals surface area contributed by atoms with E-state index in [0.29, 0.717) is 34.9 Å². The minimum absolute atomic E-state index is 0.643. The molecule has 8 nitrogen and oxygen atoms in total. The van der Waals surface area contributed by atoms with Gasteiger partial charge in [-0.05, 0) is 122 Å². The second-order valence-corrected chi connectivity index (χ2v) is 27.3. The van der Waals surface area contributed by atoms with Crippen LogP contribution in [0.2, 0.25) is 0 Å². The Bertz CT molecular complexity index is 6350. The fourth-order valence-electron chi connectivity index (χ4n) is 15.3. The first-order valence-corrected chi connectivity index (χ1v) is 37.1. The van der Waals surface area contributed by atoms with Crippen LogP contribution in [0.15, 0.2) is 413 Å². The predicted molar refractivity (Wildman–Crippen MR) is 454 cm³/mol. The van der Waals surface area contributed by atoms with Gasteiger partial charge in [0.1, 0.15) is 0 Å². The minimum atomic E-state index is 0.643. The van der Waals surface area contributed by atoms with Crippen molar-refractivity contribution in [3.63, 3.8) is 0 Å². The van der Waals surface area contributed by atoms with E-state index in [1.165, 1.54) is 88.1 Å². The third-order valence-electron chi connectivity index (χ3n) is 20.5. The molecule has 0 amide bonds. The molecule has 0 fully saturated rings. The minimum Gasteiger partial charge on any atom is -0.309 e. The van der Waals surface area contributed by atoms with Crippen molar-refractivity contribution >= 4 is 43.6 Å². The van der Waals surface area contributed by atoms with E-state index in [1.54, 1.807) is 0 Å². The van der Waals surface area contributed by atoms with Crippen LogP contribution in [-0.4, -0.2) is 39.0 Å². The van der Waals surface area contributed by atoms with Crippen molar-refractivity contribution in [1.82, 2.24) is 39.0 Å². The maximum atomic E-state index is 4.93. The third-order valence-corrected chi connectivity index (χ3v) is 20.5. The van der Waals surface area contributed by atoms with Crippen LogP contribution in [0.3, 0.4) is 0 Å². The molecular formula is C102H68N8. The molecule has 0 radical (unpaired) electrons. The molecule has 16 aromatic carbocycles. The summed E-state index contributed by atoms with van der Waals surface area (Å²) in [6, 6.07) is 145. The Morgan fingerprint density at radius 3 is 0.845 bits per heavy atom. The lowest BCUT2D eigenvalue weighted by molar-refractivity contribution is 1.07. The topological polar surface area (TPSA) is 87.2 Å². The van der Waals surface area contributed by atoms with Gasteiger partial charge >= 0.3 is 0 Å². The second kappa shape index (κ2) is 29.2. The van der Waals surface area contributed by atoms with E-state index in [9.17, 15) is 0 Å². The Hall–Kier alpha value is -14.9. The normalized spacial score (nSPS) is 11.3. The fourth-order valence-corrected chi connectivity index (χ4v) is 15.3. The van der Waals surface area contributed by atoms with Gasteiger partial charge in [0, 0.05) is 71.9 Å². The van der Waals surface area contributed by atoms with Crippen LogP contribution in [0.25, 0.3) is 190 Å². The smallest absolute Gasteiger partial charge is 0.164 e. The molecule has 4 heterocycles. The molecule has 20 rings (SSSR count). The molecule has 0 saturated heterocycles. The first-order valence-electron chi connectivity index (χ1n) is 37.1. The van der Waals surface area contributed by atoms with Crippen LogP contribution in [0.5, 0.6) is 0 Å². The maximum absolute atomic E-state index is 4.93. The van der Waals surface area contributed by atoms with E-state index in [-0.39, 0.29) is 0 Å². The van der Waals surface area contributed by atoms with Gasteiger partial charge in [-0.2, -0.15) is 0 Å². The number of nitrogens with zero attached hydrogens (tertiary/aromatic N) is 8. The molecule has 20 aromatic rings. The van der Waals surface area contributed by atoms with E-state index in [0.717, 1.165) is 67.0 Å². The molecule has 0 aliphatic heterocycles. The first-order chi connectivity index (χ1) is 54.5. The molecule has 110 heavy (non-hydrogen) atoms. The van der Waals surface area contributed by atoms with Crippen LogP contribution >= 0.6 is 0 Å². The highest BCUT2D eigenvalue weighted by Crippen LogP contribution is 2.45. The number of hydrogen-bond acceptors (Lipinski definition) is 6. The zero-order chi connectivity index (χ0) is 73.1. The van der Waals surface area contributed by atoms with E-state index in [2.05, 4.69) is 300 Å². The Morgan fingerprint density at radius 2 is 0.427 bits per heavy atom. The Morgan fingerprint density at radius 1 is 0.155 bits per heavy atom. The predicted octanol–water partition coefficient (Wildman–Crippen LogP) is 25.9. The van der Waals surface area contributed by atoms with Crippen molar-refractivity contribution in [3.8, 4) is 146 Å².